The van der Waals surface area contributed by atoms with Gasteiger partial charge in [-0.25, -0.2) is 0 Å². The Labute approximate surface area is 172 Å². The highest BCUT2D eigenvalue weighted by atomic mass is 16.5. The summed E-state index contributed by atoms with van der Waals surface area (Å²) >= 11 is 0. The van der Waals surface area contributed by atoms with Crippen molar-refractivity contribution in [1.82, 2.24) is 4.90 Å². The Bertz CT molecular complexity index is 886. The second-order valence-corrected chi connectivity index (χ2v) is 7.02. The van der Waals surface area contributed by atoms with E-state index in [-0.39, 0.29) is 11.8 Å². The summed E-state index contributed by atoms with van der Waals surface area (Å²) in [5.74, 6) is 1.46. The summed E-state index contributed by atoms with van der Waals surface area (Å²) in [5.41, 5.74) is 3.28. The standard InChI is InChI=1S/C25H27NO3/c1-26(18-19-14-15-23(28-2)24(16-19)29-3)25(27)17-22(20-10-6-4-7-11-20)21-12-8-5-9-13-21/h4-16,22H,17-18H2,1-3H3. The van der Waals surface area contributed by atoms with E-state index in [1.807, 2.05) is 61.6 Å². The van der Waals surface area contributed by atoms with Gasteiger partial charge in [0.05, 0.1) is 14.2 Å². The van der Waals surface area contributed by atoms with Crippen LogP contribution >= 0.6 is 0 Å². The Morgan fingerprint density at radius 2 is 1.38 bits per heavy atom. The maximum Gasteiger partial charge on any atom is 0.223 e. The van der Waals surface area contributed by atoms with E-state index in [1.54, 1.807) is 19.1 Å². The third-order valence-corrected chi connectivity index (χ3v) is 5.08. The SMILES string of the molecule is COc1ccc(CN(C)C(=O)CC(c2ccccc2)c2ccccc2)cc1OC. The second-order valence-electron chi connectivity index (χ2n) is 7.02. The van der Waals surface area contributed by atoms with Crippen LogP contribution in [0, 0.1) is 0 Å². The van der Waals surface area contributed by atoms with Crippen LogP contribution in [-0.2, 0) is 11.3 Å². The first-order valence-electron chi connectivity index (χ1n) is 9.67. The number of methoxy groups -OCH3 is 2. The zero-order valence-corrected chi connectivity index (χ0v) is 17.2. The maximum atomic E-state index is 13.1. The van der Waals surface area contributed by atoms with Crippen molar-refractivity contribution in [2.45, 2.75) is 18.9 Å². The number of benzene rings is 3. The first kappa shape index (κ1) is 20.5. The van der Waals surface area contributed by atoms with Gasteiger partial charge in [-0.05, 0) is 28.8 Å². The number of hydrogen-bond donors (Lipinski definition) is 0. The lowest BCUT2D eigenvalue weighted by Crippen LogP contribution is -2.27. The third-order valence-electron chi connectivity index (χ3n) is 5.08. The third kappa shape index (κ3) is 5.17. The number of nitrogens with zero attached hydrogens (tertiary/aromatic N) is 1. The Hall–Kier alpha value is -3.27. The molecule has 150 valence electrons. The summed E-state index contributed by atoms with van der Waals surface area (Å²) in [7, 11) is 5.06. The molecular formula is C25H27NO3. The quantitative estimate of drug-likeness (QED) is 0.551. The highest BCUT2D eigenvalue weighted by Gasteiger charge is 2.20. The molecule has 0 atom stereocenters. The maximum absolute atomic E-state index is 13.1. The minimum atomic E-state index is 0.0257. The van der Waals surface area contributed by atoms with Crippen molar-refractivity contribution in [3.8, 4) is 11.5 Å². The summed E-state index contributed by atoms with van der Waals surface area (Å²) in [6, 6.07) is 26.1. The smallest absolute Gasteiger partial charge is 0.223 e. The summed E-state index contributed by atoms with van der Waals surface area (Å²) in [4.78, 5) is 14.8. The van der Waals surface area contributed by atoms with Gasteiger partial charge in [-0.15, -0.1) is 0 Å². The van der Waals surface area contributed by atoms with E-state index in [4.69, 9.17) is 9.47 Å². The Balaban J connectivity index is 1.76. The predicted octanol–water partition coefficient (Wildman–Crippen LogP) is 4.88. The van der Waals surface area contributed by atoms with Crippen LogP contribution < -0.4 is 9.47 Å². The molecule has 4 nitrogen and oxygen atoms in total. The van der Waals surface area contributed by atoms with Crippen LogP contribution in [0.2, 0.25) is 0 Å². The van der Waals surface area contributed by atoms with Crippen LogP contribution in [0.3, 0.4) is 0 Å². The number of amides is 1. The van der Waals surface area contributed by atoms with Crippen LogP contribution in [0.1, 0.15) is 29.0 Å². The number of carbonyl (C=O) groups excluding carboxylic acids is 1. The molecule has 0 aliphatic carbocycles. The molecule has 0 aliphatic heterocycles. The van der Waals surface area contributed by atoms with Gasteiger partial charge in [0.25, 0.3) is 0 Å². The van der Waals surface area contributed by atoms with Gasteiger partial charge in [0.2, 0.25) is 5.91 Å². The molecule has 29 heavy (non-hydrogen) atoms. The lowest BCUT2D eigenvalue weighted by atomic mass is 9.88. The van der Waals surface area contributed by atoms with Gasteiger partial charge in [0.15, 0.2) is 11.5 Å². The molecule has 0 saturated carbocycles. The van der Waals surface area contributed by atoms with Gasteiger partial charge < -0.3 is 14.4 Å². The van der Waals surface area contributed by atoms with E-state index in [2.05, 4.69) is 24.3 Å². The van der Waals surface area contributed by atoms with Gasteiger partial charge in [-0.2, -0.15) is 0 Å². The highest BCUT2D eigenvalue weighted by molar-refractivity contribution is 5.77. The number of ether oxygens (including phenoxy) is 2. The Kier molecular flexibility index (Phi) is 6.90. The van der Waals surface area contributed by atoms with Crippen LogP contribution in [0.4, 0.5) is 0 Å². The van der Waals surface area contributed by atoms with E-state index in [0.717, 1.165) is 16.7 Å². The Morgan fingerprint density at radius 1 is 0.828 bits per heavy atom. The van der Waals surface area contributed by atoms with Crippen molar-refractivity contribution >= 4 is 5.91 Å². The molecule has 4 heteroatoms. The van der Waals surface area contributed by atoms with Gasteiger partial charge in [0.1, 0.15) is 0 Å². The average molecular weight is 389 g/mol. The fraction of sp³-hybridized carbons (Fsp3) is 0.240. The largest absolute Gasteiger partial charge is 0.493 e. The molecule has 0 heterocycles. The molecule has 0 spiro atoms. The monoisotopic (exact) mass is 389 g/mol. The number of hydrogen-bond acceptors (Lipinski definition) is 3. The zero-order chi connectivity index (χ0) is 20.6. The molecule has 0 radical (unpaired) electrons. The summed E-state index contributed by atoms with van der Waals surface area (Å²) in [5, 5.41) is 0. The second kappa shape index (κ2) is 9.78. The van der Waals surface area contributed by atoms with Crippen molar-refractivity contribution in [2.24, 2.45) is 0 Å². The Morgan fingerprint density at radius 3 is 1.90 bits per heavy atom. The van der Waals surface area contributed by atoms with E-state index >= 15 is 0 Å². The molecule has 3 rings (SSSR count). The van der Waals surface area contributed by atoms with E-state index in [1.165, 1.54) is 0 Å². The van der Waals surface area contributed by atoms with E-state index < -0.39 is 0 Å². The first-order chi connectivity index (χ1) is 14.1. The normalized spacial score (nSPS) is 10.6. The topological polar surface area (TPSA) is 38.8 Å². The minimum absolute atomic E-state index is 0.0257. The van der Waals surface area contributed by atoms with Crippen molar-refractivity contribution in [3.63, 3.8) is 0 Å². The van der Waals surface area contributed by atoms with Crippen molar-refractivity contribution in [1.29, 1.82) is 0 Å². The van der Waals surface area contributed by atoms with Crippen molar-refractivity contribution in [3.05, 3.63) is 95.6 Å². The van der Waals surface area contributed by atoms with Gasteiger partial charge in [-0.1, -0.05) is 66.7 Å². The molecule has 3 aromatic carbocycles. The fourth-order valence-corrected chi connectivity index (χ4v) is 3.47. The lowest BCUT2D eigenvalue weighted by molar-refractivity contribution is -0.130. The zero-order valence-electron chi connectivity index (χ0n) is 17.2. The van der Waals surface area contributed by atoms with Gasteiger partial charge >= 0.3 is 0 Å². The summed E-state index contributed by atoms with van der Waals surface area (Å²) in [6.45, 7) is 0.509. The lowest BCUT2D eigenvalue weighted by Gasteiger charge is -2.23. The molecule has 3 aromatic rings. The highest BCUT2D eigenvalue weighted by Crippen LogP contribution is 2.30. The molecule has 1 amide bonds. The number of carbonyl (C=O) groups is 1. The van der Waals surface area contributed by atoms with Crippen LogP contribution in [0.5, 0.6) is 11.5 Å². The predicted molar refractivity (Wildman–Crippen MR) is 115 cm³/mol. The average Bonchev–Trinajstić information content (AvgIpc) is 2.78. The van der Waals surface area contributed by atoms with Crippen molar-refractivity contribution < 1.29 is 14.3 Å². The molecular weight excluding hydrogens is 362 g/mol. The molecule has 0 bridgehead atoms. The van der Waals surface area contributed by atoms with Crippen LogP contribution in [0.15, 0.2) is 78.9 Å². The van der Waals surface area contributed by atoms with E-state index in [0.29, 0.717) is 24.5 Å². The number of rotatable bonds is 8. The fourth-order valence-electron chi connectivity index (χ4n) is 3.47. The van der Waals surface area contributed by atoms with Crippen molar-refractivity contribution in [2.75, 3.05) is 21.3 Å². The first-order valence-corrected chi connectivity index (χ1v) is 9.67. The summed E-state index contributed by atoms with van der Waals surface area (Å²) in [6.07, 6.45) is 0.415. The summed E-state index contributed by atoms with van der Waals surface area (Å²) < 4.78 is 10.7. The van der Waals surface area contributed by atoms with Crippen LogP contribution in [0.25, 0.3) is 0 Å². The molecule has 0 fully saturated rings. The van der Waals surface area contributed by atoms with Gasteiger partial charge in [0, 0.05) is 25.9 Å². The van der Waals surface area contributed by atoms with Crippen LogP contribution in [-0.4, -0.2) is 32.1 Å². The van der Waals surface area contributed by atoms with E-state index in [9.17, 15) is 4.79 Å². The molecule has 0 aliphatic rings. The molecule has 0 N–H and O–H groups in total. The van der Waals surface area contributed by atoms with Gasteiger partial charge in [-0.3, -0.25) is 4.79 Å². The minimum Gasteiger partial charge on any atom is -0.493 e. The molecule has 0 aromatic heterocycles. The molecule has 0 unspecified atom stereocenters. The molecule has 0 saturated heterocycles.